The number of fused-ring (bicyclic) bond motifs is 1. The summed E-state index contributed by atoms with van der Waals surface area (Å²) in [5.74, 6) is -0.0263. The van der Waals surface area contributed by atoms with Crippen LogP contribution in [0.1, 0.15) is 31.0 Å². The van der Waals surface area contributed by atoms with Gasteiger partial charge in [0, 0.05) is 24.3 Å². The Morgan fingerprint density at radius 1 is 1.20 bits per heavy atom. The third kappa shape index (κ3) is 2.61. The largest absolute Gasteiger partial charge is 0.359 e. The van der Waals surface area contributed by atoms with Gasteiger partial charge < -0.3 is 10.2 Å². The molecule has 7 nitrogen and oxygen atoms in total. The summed E-state index contributed by atoms with van der Waals surface area (Å²) in [4.78, 5) is 17.8. The van der Waals surface area contributed by atoms with E-state index in [2.05, 4.69) is 34.4 Å². The van der Waals surface area contributed by atoms with Gasteiger partial charge in [-0.05, 0) is 56.2 Å². The summed E-state index contributed by atoms with van der Waals surface area (Å²) >= 11 is 6.15. The molecule has 2 atom stereocenters. The lowest BCUT2D eigenvalue weighted by Crippen LogP contribution is -2.43. The molecule has 1 amide bonds. The molecule has 0 bridgehead atoms. The molecule has 0 saturated heterocycles. The molecule has 1 aromatic heterocycles. The zero-order valence-electron chi connectivity index (χ0n) is 17.3. The number of aryl methyl sites for hydroxylation is 2. The highest BCUT2D eigenvalue weighted by atomic mass is 35.5. The van der Waals surface area contributed by atoms with Gasteiger partial charge in [-0.15, -0.1) is 5.10 Å². The van der Waals surface area contributed by atoms with Crippen molar-refractivity contribution in [3.8, 4) is 0 Å². The van der Waals surface area contributed by atoms with Crippen molar-refractivity contribution in [2.45, 2.75) is 33.0 Å². The lowest BCUT2D eigenvalue weighted by molar-refractivity contribution is -0.115. The molecular formula is C22H23ClN6O. The fourth-order valence-electron chi connectivity index (χ4n) is 4.62. The van der Waals surface area contributed by atoms with Crippen LogP contribution in [-0.2, 0) is 11.8 Å². The van der Waals surface area contributed by atoms with E-state index in [0.717, 1.165) is 40.1 Å². The molecule has 0 aliphatic carbocycles. The molecule has 30 heavy (non-hydrogen) atoms. The second-order valence-electron chi connectivity index (χ2n) is 7.84. The monoisotopic (exact) mass is 422 g/mol. The van der Waals surface area contributed by atoms with Crippen molar-refractivity contribution in [3.63, 3.8) is 0 Å². The topological polar surface area (TPSA) is 66.3 Å². The molecule has 3 aromatic rings. The van der Waals surface area contributed by atoms with E-state index in [9.17, 15) is 4.79 Å². The van der Waals surface area contributed by atoms with E-state index in [1.165, 1.54) is 0 Å². The van der Waals surface area contributed by atoms with Gasteiger partial charge in [-0.2, -0.15) is 0 Å². The van der Waals surface area contributed by atoms with Crippen molar-refractivity contribution in [3.05, 3.63) is 63.9 Å². The van der Waals surface area contributed by atoms with Crippen molar-refractivity contribution in [1.82, 2.24) is 25.2 Å². The molecule has 3 heterocycles. The number of carbonyl (C=O) groups excluding carboxylic acids is 1. The van der Waals surface area contributed by atoms with E-state index in [-0.39, 0.29) is 18.1 Å². The predicted molar refractivity (Wildman–Crippen MR) is 117 cm³/mol. The normalized spacial score (nSPS) is 21.0. The second-order valence-corrected chi connectivity index (χ2v) is 8.28. The molecule has 2 aliphatic heterocycles. The zero-order chi connectivity index (χ0) is 21.2. The van der Waals surface area contributed by atoms with Gasteiger partial charge in [0.05, 0.1) is 17.4 Å². The third-order valence-electron chi connectivity index (χ3n) is 6.03. The Kier molecular flexibility index (Phi) is 4.25. The van der Waals surface area contributed by atoms with Crippen molar-refractivity contribution in [2.75, 3.05) is 11.4 Å². The Labute approximate surface area is 179 Å². The maximum atomic E-state index is 13.6. The maximum absolute atomic E-state index is 13.6. The van der Waals surface area contributed by atoms with Gasteiger partial charge in [-0.25, -0.2) is 4.68 Å². The molecule has 0 radical (unpaired) electrons. The molecular weight excluding hydrogens is 400 g/mol. The highest BCUT2D eigenvalue weighted by molar-refractivity contribution is 6.30. The van der Waals surface area contributed by atoms with Crippen LogP contribution in [0.2, 0.25) is 5.02 Å². The number of aromatic nitrogens is 3. The molecule has 5 rings (SSSR count). The highest BCUT2D eigenvalue weighted by Gasteiger charge is 2.48. The molecule has 8 heteroatoms. The fourth-order valence-corrected chi connectivity index (χ4v) is 4.74. The molecule has 0 saturated carbocycles. The van der Waals surface area contributed by atoms with Gasteiger partial charge >= 0.3 is 0 Å². The predicted octanol–water partition coefficient (Wildman–Crippen LogP) is 3.50. The summed E-state index contributed by atoms with van der Waals surface area (Å²) in [5, 5.41) is 12.5. The van der Waals surface area contributed by atoms with E-state index >= 15 is 0 Å². The van der Waals surface area contributed by atoms with Crippen LogP contribution in [0.3, 0.4) is 0 Å². The number of hydrogen-bond acceptors (Lipinski definition) is 5. The number of anilines is 1. The average Bonchev–Trinajstić information content (AvgIpc) is 3.34. The van der Waals surface area contributed by atoms with E-state index in [4.69, 9.17) is 11.6 Å². The van der Waals surface area contributed by atoms with Gasteiger partial charge in [-0.3, -0.25) is 9.69 Å². The molecule has 0 spiro atoms. The number of rotatable bonds is 3. The number of nitrogens with zero attached hydrogens (tertiary/aromatic N) is 5. The number of amides is 1. The quantitative estimate of drug-likeness (QED) is 0.699. The van der Waals surface area contributed by atoms with Gasteiger partial charge in [0.15, 0.2) is 0 Å². The maximum Gasteiger partial charge on any atom is 0.277 e. The summed E-state index contributed by atoms with van der Waals surface area (Å²) in [7, 11) is 1.86. The Balaban J connectivity index is 1.70. The van der Waals surface area contributed by atoms with Crippen LogP contribution < -0.4 is 10.2 Å². The first kappa shape index (κ1) is 18.9. The Hall–Kier alpha value is -3.06. The third-order valence-corrected chi connectivity index (χ3v) is 6.29. The Bertz CT molecular complexity index is 1200. The van der Waals surface area contributed by atoms with E-state index in [1.54, 1.807) is 4.68 Å². The molecule has 1 unspecified atom stereocenters. The molecule has 0 fully saturated rings. The minimum Gasteiger partial charge on any atom is -0.359 e. The van der Waals surface area contributed by atoms with Crippen LogP contribution in [0.5, 0.6) is 0 Å². The first-order valence-electron chi connectivity index (χ1n) is 10.1. The minimum atomic E-state index is -0.236. The van der Waals surface area contributed by atoms with E-state index in [0.29, 0.717) is 10.7 Å². The summed E-state index contributed by atoms with van der Waals surface area (Å²) in [6, 6.07) is 11.5. The standard InChI is InChI=1S/C22H23ClN6O/c1-5-28-13(3)24-19-21(28)20(14-6-8-15(23)9-7-14)29(22(19)30)16-10-12(2)18-17(11-16)27(4)26-25-18/h6-11,13,20,24H,5H2,1-4H3/t13-,20?/m1/s1. The average molecular weight is 423 g/mol. The lowest BCUT2D eigenvalue weighted by atomic mass is 10.0. The lowest BCUT2D eigenvalue weighted by Gasteiger charge is -2.35. The molecule has 154 valence electrons. The summed E-state index contributed by atoms with van der Waals surface area (Å²) in [5.41, 5.74) is 6.26. The first-order chi connectivity index (χ1) is 14.4. The van der Waals surface area contributed by atoms with Crippen molar-refractivity contribution in [1.29, 1.82) is 0 Å². The first-order valence-corrected chi connectivity index (χ1v) is 10.4. The Morgan fingerprint density at radius 3 is 2.63 bits per heavy atom. The van der Waals surface area contributed by atoms with Crippen molar-refractivity contribution < 1.29 is 4.79 Å². The van der Waals surface area contributed by atoms with Crippen LogP contribution in [0.4, 0.5) is 5.69 Å². The zero-order valence-corrected chi connectivity index (χ0v) is 18.1. The molecule has 2 aromatic carbocycles. The summed E-state index contributed by atoms with van der Waals surface area (Å²) in [6.45, 7) is 6.99. The highest BCUT2D eigenvalue weighted by Crippen LogP contribution is 2.45. The Morgan fingerprint density at radius 2 is 1.93 bits per heavy atom. The van der Waals surface area contributed by atoms with Crippen LogP contribution in [0.25, 0.3) is 11.0 Å². The van der Waals surface area contributed by atoms with Crippen molar-refractivity contribution in [2.24, 2.45) is 7.05 Å². The number of benzene rings is 2. The van der Waals surface area contributed by atoms with Gasteiger partial charge in [0.1, 0.15) is 17.3 Å². The van der Waals surface area contributed by atoms with Crippen LogP contribution in [0.15, 0.2) is 47.8 Å². The summed E-state index contributed by atoms with van der Waals surface area (Å²) in [6.07, 6.45) is 0.0754. The van der Waals surface area contributed by atoms with Crippen LogP contribution in [0, 0.1) is 6.92 Å². The van der Waals surface area contributed by atoms with Gasteiger partial charge in [-0.1, -0.05) is 28.9 Å². The van der Waals surface area contributed by atoms with Gasteiger partial charge in [0.2, 0.25) is 0 Å². The number of halogens is 1. The van der Waals surface area contributed by atoms with Crippen molar-refractivity contribution >= 4 is 34.2 Å². The number of hydrogen-bond donors (Lipinski definition) is 1. The summed E-state index contributed by atoms with van der Waals surface area (Å²) < 4.78 is 1.74. The molecule has 1 N–H and O–H groups in total. The minimum absolute atomic E-state index is 0.0263. The van der Waals surface area contributed by atoms with E-state index in [1.807, 2.05) is 55.3 Å². The van der Waals surface area contributed by atoms with Crippen LogP contribution >= 0.6 is 11.6 Å². The fraction of sp³-hybridized carbons (Fsp3) is 0.318. The number of likely N-dealkylation sites (N-methyl/N-ethyl adjacent to an activating group) is 1. The molecule has 2 aliphatic rings. The number of carbonyl (C=O) groups is 1. The SMILES string of the molecule is CCN1C2=C(N[C@H]1C)C(=O)N(c1cc(C)c3nnn(C)c3c1)C2c1ccc(Cl)cc1. The second kappa shape index (κ2) is 6.74. The van der Waals surface area contributed by atoms with Crippen LogP contribution in [-0.4, -0.2) is 38.5 Å². The van der Waals surface area contributed by atoms with E-state index < -0.39 is 0 Å². The smallest absolute Gasteiger partial charge is 0.277 e. The number of nitrogens with one attached hydrogen (secondary N) is 1. The van der Waals surface area contributed by atoms with Gasteiger partial charge in [0.25, 0.3) is 5.91 Å².